The molecule has 0 spiro atoms. The highest BCUT2D eigenvalue weighted by Gasteiger charge is 2.17. The Hall–Kier alpha value is -2.39. The lowest BCUT2D eigenvalue weighted by Gasteiger charge is -2.19. The van der Waals surface area contributed by atoms with E-state index in [1.165, 1.54) is 25.7 Å². The standard InChI is InChI=1S/C29H43NO2/c1-3-4-5-6-7-8-9-10-11-12-13-14-15-16-17-19-22-26(2)29(32)30-28(25-31)27-23-20-18-21-24-27/h7-8,10-11,13-14,16-18,20-21,23-24,26,28,31H,3-6,9,12,15,19,22,25H2,1-2H3,(H,30,32)/b8-7-,11-10-,14-13-,17-16-/t26?,28-/m1/s1. The van der Waals surface area contributed by atoms with Crippen LogP contribution in [0.3, 0.4) is 0 Å². The SMILES string of the molecule is CCCCC/C=C\C/C=C\C/C=C\C/C=C\CCC(C)C(=O)N[C@H](CO)c1ccccc1. The topological polar surface area (TPSA) is 49.3 Å². The normalized spacial score (nSPS) is 14.1. The third-order valence-electron chi connectivity index (χ3n) is 5.37. The van der Waals surface area contributed by atoms with Gasteiger partial charge in [-0.3, -0.25) is 4.79 Å². The highest BCUT2D eigenvalue weighted by molar-refractivity contribution is 5.78. The molecule has 3 heteroatoms. The van der Waals surface area contributed by atoms with Crippen LogP contribution in [-0.2, 0) is 4.79 Å². The van der Waals surface area contributed by atoms with Crippen LogP contribution in [0.15, 0.2) is 78.9 Å². The van der Waals surface area contributed by atoms with Crippen molar-refractivity contribution in [2.24, 2.45) is 5.92 Å². The molecule has 0 saturated carbocycles. The largest absolute Gasteiger partial charge is 0.394 e. The molecule has 2 atom stereocenters. The average Bonchev–Trinajstić information content (AvgIpc) is 2.82. The number of nitrogens with one attached hydrogen (secondary N) is 1. The summed E-state index contributed by atoms with van der Waals surface area (Å²) >= 11 is 0. The molecule has 0 heterocycles. The summed E-state index contributed by atoms with van der Waals surface area (Å²) in [6, 6.07) is 9.25. The Morgan fingerprint density at radius 1 is 0.875 bits per heavy atom. The molecule has 0 radical (unpaired) electrons. The van der Waals surface area contributed by atoms with E-state index < -0.39 is 0 Å². The summed E-state index contributed by atoms with van der Waals surface area (Å²) in [6.07, 6.45) is 27.4. The number of aliphatic hydroxyl groups is 1. The van der Waals surface area contributed by atoms with E-state index in [9.17, 15) is 9.90 Å². The minimum atomic E-state index is -0.345. The summed E-state index contributed by atoms with van der Waals surface area (Å²) in [4.78, 5) is 12.4. The van der Waals surface area contributed by atoms with E-state index in [-0.39, 0.29) is 24.5 Å². The molecule has 1 rings (SSSR count). The fraction of sp³-hybridized carbons (Fsp3) is 0.483. The van der Waals surface area contributed by atoms with Gasteiger partial charge in [0.1, 0.15) is 0 Å². The zero-order chi connectivity index (χ0) is 23.3. The van der Waals surface area contributed by atoms with Crippen LogP contribution in [0.25, 0.3) is 0 Å². The van der Waals surface area contributed by atoms with Gasteiger partial charge in [-0.15, -0.1) is 0 Å². The molecule has 0 aliphatic heterocycles. The van der Waals surface area contributed by atoms with Gasteiger partial charge in [-0.2, -0.15) is 0 Å². The van der Waals surface area contributed by atoms with Crippen LogP contribution in [0.2, 0.25) is 0 Å². The van der Waals surface area contributed by atoms with Gasteiger partial charge < -0.3 is 10.4 Å². The number of rotatable bonds is 17. The quantitative estimate of drug-likeness (QED) is 0.199. The van der Waals surface area contributed by atoms with Crippen LogP contribution >= 0.6 is 0 Å². The number of hydrogen-bond acceptors (Lipinski definition) is 2. The smallest absolute Gasteiger partial charge is 0.223 e. The molecule has 0 aromatic heterocycles. The fourth-order valence-electron chi connectivity index (χ4n) is 3.27. The van der Waals surface area contributed by atoms with E-state index in [2.05, 4.69) is 60.8 Å². The molecule has 0 saturated heterocycles. The molecule has 1 unspecified atom stereocenters. The maximum atomic E-state index is 12.4. The molecule has 32 heavy (non-hydrogen) atoms. The molecule has 176 valence electrons. The molecule has 3 nitrogen and oxygen atoms in total. The second-order valence-corrected chi connectivity index (χ2v) is 8.22. The van der Waals surface area contributed by atoms with Crippen molar-refractivity contribution in [3.63, 3.8) is 0 Å². The second-order valence-electron chi connectivity index (χ2n) is 8.22. The fourth-order valence-corrected chi connectivity index (χ4v) is 3.27. The lowest BCUT2D eigenvalue weighted by Crippen LogP contribution is -2.34. The summed E-state index contributed by atoms with van der Waals surface area (Å²) in [5.74, 6) is -0.0948. The Bertz CT molecular complexity index is 703. The van der Waals surface area contributed by atoms with Gasteiger partial charge in [-0.25, -0.2) is 0 Å². The number of benzene rings is 1. The van der Waals surface area contributed by atoms with Crippen molar-refractivity contribution in [3.05, 3.63) is 84.5 Å². The van der Waals surface area contributed by atoms with Crippen molar-refractivity contribution in [2.75, 3.05) is 6.61 Å². The lowest BCUT2D eigenvalue weighted by atomic mass is 10.0. The van der Waals surface area contributed by atoms with Gasteiger partial charge in [0.25, 0.3) is 0 Å². The predicted molar refractivity (Wildman–Crippen MR) is 137 cm³/mol. The number of carbonyl (C=O) groups excluding carboxylic acids is 1. The molecule has 1 amide bonds. The third-order valence-corrected chi connectivity index (χ3v) is 5.37. The van der Waals surface area contributed by atoms with Gasteiger partial charge in [-0.1, -0.05) is 106 Å². The Morgan fingerprint density at radius 3 is 2.00 bits per heavy atom. The van der Waals surface area contributed by atoms with E-state index in [0.29, 0.717) is 0 Å². The Kier molecular flexibility index (Phi) is 16.7. The minimum Gasteiger partial charge on any atom is -0.394 e. The Morgan fingerprint density at radius 2 is 1.44 bits per heavy atom. The summed E-state index contributed by atoms with van der Waals surface area (Å²) < 4.78 is 0. The first kappa shape index (κ1) is 27.6. The summed E-state index contributed by atoms with van der Waals surface area (Å²) in [7, 11) is 0. The van der Waals surface area contributed by atoms with Gasteiger partial charge in [0.05, 0.1) is 12.6 Å². The lowest BCUT2D eigenvalue weighted by molar-refractivity contribution is -0.125. The molecule has 0 fully saturated rings. The first-order valence-corrected chi connectivity index (χ1v) is 12.2. The van der Waals surface area contributed by atoms with Crippen LogP contribution < -0.4 is 5.32 Å². The van der Waals surface area contributed by atoms with E-state index in [1.54, 1.807) is 0 Å². The van der Waals surface area contributed by atoms with Crippen molar-refractivity contribution in [1.29, 1.82) is 0 Å². The Balaban J connectivity index is 2.13. The predicted octanol–water partition coefficient (Wildman–Crippen LogP) is 7.23. The maximum absolute atomic E-state index is 12.4. The number of aliphatic hydroxyl groups excluding tert-OH is 1. The van der Waals surface area contributed by atoms with Crippen molar-refractivity contribution in [2.45, 2.75) is 77.7 Å². The number of unbranched alkanes of at least 4 members (excludes halogenated alkanes) is 3. The monoisotopic (exact) mass is 437 g/mol. The molecular formula is C29H43NO2. The van der Waals surface area contributed by atoms with Crippen LogP contribution in [0, 0.1) is 5.92 Å². The molecule has 2 N–H and O–H groups in total. The summed E-state index contributed by atoms with van der Waals surface area (Å²) in [6.45, 7) is 4.08. The number of hydrogen-bond donors (Lipinski definition) is 2. The molecule has 0 aliphatic carbocycles. The van der Waals surface area contributed by atoms with E-state index >= 15 is 0 Å². The first-order chi connectivity index (χ1) is 15.7. The van der Waals surface area contributed by atoms with Gasteiger partial charge >= 0.3 is 0 Å². The summed E-state index contributed by atoms with van der Waals surface area (Å²) in [5.41, 5.74) is 0.927. The molecule has 0 aliphatic rings. The third kappa shape index (κ3) is 13.8. The van der Waals surface area contributed by atoms with Crippen molar-refractivity contribution in [3.8, 4) is 0 Å². The van der Waals surface area contributed by atoms with Crippen molar-refractivity contribution < 1.29 is 9.90 Å². The zero-order valence-electron chi connectivity index (χ0n) is 20.1. The Labute approximate surface area is 196 Å². The molecular weight excluding hydrogens is 394 g/mol. The maximum Gasteiger partial charge on any atom is 0.223 e. The average molecular weight is 438 g/mol. The van der Waals surface area contributed by atoms with E-state index in [0.717, 1.165) is 37.7 Å². The van der Waals surface area contributed by atoms with Gasteiger partial charge in [0.15, 0.2) is 0 Å². The van der Waals surface area contributed by atoms with Crippen LogP contribution in [-0.4, -0.2) is 17.6 Å². The van der Waals surface area contributed by atoms with Crippen molar-refractivity contribution >= 4 is 5.91 Å². The van der Waals surface area contributed by atoms with Gasteiger partial charge in [-0.05, 0) is 50.5 Å². The highest BCUT2D eigenvalue weighted by Crippen LogP contribution is 2.14. The van der Waals surface area contributed by atoms with E-state index in [4.69, 9.17) is 0 Å². The summed E-state index contributed by atoms with van der Waals surface area (Å²) in [5, 5.41) is 12.5. The highest BCUT2D eigenvalue weighted by atomic mass is 16.3. The first-order valence-electron chi connectivity index (χ1n) is 12.2. The number of amides is 1. The molecule has 1 aromatic rings. The molecule has 0 bridgehead atoms. The van der Waals surface area contributed by atoms with Gasteiger partial charge in [0, 0.05) is 5.92 Å². The minimum absolute atomic E-state index is 0.0104. The zero-order valence-corrected chi connectivity index (χ0v) is 20.1. The van der Waals surface area contributed by atoms with E-state index in [1.807, 2.05) is 37.3 Å². The number of carbonyl (C=O) groups is 1. The second kappa shape index (κ2) is 19.3. The van der Waals surface area contributed by atoms with Crippen LogP contribution in [0.4, 0.5) is 0 Å². The van der Waals surface area contributed by atoms with Crippen molar-refractivity contribution in [1.82, 2.24) is 5.32 Å². The molecule has 1 aromatic carbocycles. The van der Waals surface area contributed by atoms with Crippen LogP contribution in [0.1, 0.15) is 83.2 Å². The number of allylic oxidation sites excluding steroid dienone is 8. The van der Waals surface area contributed by atoms with Gasteiger partial charge in [0.2, 0.25) is 5.91 Å². The van der Waals surface area contributed by atoms with Crippen LogP contribution in [0.5, 0.6) is 0 Å².